The van der Waals surface area contributed by atoms with Crippen LogP contribution in [0.5, 0.6) is 0 Å². The number of aromatic amines is 1. The van der Waals surface area contributed by atoms with Crippen LogP contribution in [0.15, 0.2) is 53.1 Å². The Hall–Kier alpha value is -3.42. The minimum atomic E-state index is -0.339. The summed E-state index contributed by atoms with van der Waals surface area (Å²) < 4.78 is 5.26. The van der Waals surface area contributed by atoms with Crippen molar-refractivity contribution in [2.75, 3.05) is 6.54 Å². The van der Waals surface area contributed by atoms with Gasteiger partial charge in [-0.15, -0.1) is 0 Å². The molecule has 0 unspecified atom stereocenters. The molecule has 0 spiro atoms. The van der Waals surface area contributed by atoms with Gasteiger partial charge in [0, 0.05) is 18.2 Å². The Kier molecular flexibility index (Phi) is 4.45. The molecule has 2 amide bonds. The first-order valence-corrected chi connectivity index (χ1v) is 8.71. The lowest BCUT2D eigenvalue weighted by Gasteiger charge is -2.21. The Morgan fingerprint density at radius 1 is 1.22 bits per heavy atom. The van der Waals surface area contributed by atoms with Crippen LogP contribution in [0.25, 0.3) is 0 Å². The van der Waals surface area contributed by atoms with Gasteiger partial charge in [0.2, 0.25) is 0 Å². The number of aromatic nitrogens is 3. The fourth-order valence-electron chi connectivity index (χ4n) is 3.32. The molecule has 3 aromatic rings. The van der Waals surface area contributed by atoms with Crippen LogP contribution in [0, 0.1) is 6.92 Å². The van der Waals surface area contributed by atoms with Gasteiger partial charge < -0.3 is 14.6 Å². The average molecular weight is 365 g/mol. The fraction of sp³-hybridized carbons (Fsp3) is 0.263. The van der Waals surface area contributed by atoms with Gasteiger partial charge in [0.25, 0.3) is 11.8 Å². The normalized spacial score (nSPS) is 19.2. The molecule has 4 rings (SSSR count). The summed E-state index contributed by atoms with van der Waals surface area (Å²) >= 11 is 0. The van der Waals surface area contributed by atoms with E-state index in [0.29, 0.717) is 30.2 Å². The molecule has 2 aromatic heterocycles. The van der Waals surface area contributed by atoms with Crippen molar-refractivity contribution < 1.29 is 14.0 Å². The lowest BCUT2D eigenvalue weighted by molar-refractivity contribution is 0.0692. The molecule has 2 atom stereocenters. The van der Waals surface area contributed by atoms with Crippen molar-refractivity contribution in [2.24, 2.45) is 0 Å². The first-order valence-electron chi connectivity index (χ1n) is 8.71. The predicted molar refractivity (Wildman–Crippen MR) is 95.9 cm³/mol. The minimum Gasteiger partial charge on any atom is -0.459 e. The van der Waals surface area contributed by atoms with Gasteiger partial charge in [-0.2, -0.15) is 5.10 Å². The maximum atomic E-state index is 12.9. The van der Waals surface area contributed by atoms with Gasteiger partial charge in [0.05, 0.1) is 12.3 Å². The maximum Gasteiger partial charge on any atom is 0.290 e. The van der Waals surface area contributed by atoms with Crippen molar-refractivity contribution in [1.29, 1.82) is 0 Å². The van der Waals surface area contributed by atoms with Crippen molar-refractivity contribution in [3.63, 3.8) is 0 Å². The van der Waals surface area contributed by atoms with Crippen LogP contribution in [0.3, 0.4) is 0 Å². The largest absolute Gasteiger partial charge is 0.459 e. The molecule has 1 aliphatic heterocycles. The van der Waals surface area contributed by atoms with Crippen molar-refractivity contribution in [3.8, 4) is 0 Å². The number of H-pyrrole nitrogens is 1. The van der Waals surface area contributed by atoms with Crippen LogP contribution in [0.2, 0.25) is 0 Å². The Bertz CT molecular complexity index is 935. The molecular weight excluding hydrogens is 346 g/mol. The van der Waals surface area contributed by atoms with E-state index in [1.807, 2.05) is 18.2 Å². The summed E-state index contributed by atoms with van der Waals surface area (Å²) in [5.41, 5.74) is 0.582. The van der Waals surface area contributed by atoms with E-state index in [1.54, 1.807) is 36.1 Å². The van der Waals surface area contributed by atoms with Crippen LogP contribution >= 0.6 is 0 Å². The second-order valence-corrected chi connectivity index (χ2v) is 6.50. The number of nitrogens with one attached hydrogen (secondary N) is 2. The molecule has 1 fully saturated rings. The second-order valence-electron chi connectivity index (χ2n) is 6.50. The molecule has 1 aromatic carbocycles. The van der Waals surface area contributed by atoms with E-state index in [-0.39, 0.29) is 29.7 Å². The summed E-state index contributed by atoms with van der Waals surface area (Å²) in [4.78, 5) is 31.4. The van der Waals surface area contributed by atoms with Crippen molar-refractivity contribution in [2.45, 2.75) is 25.4 Å². The Balaban J connectivity index is 1.55. The lowest BCUT2D eigenvalue weighted by atomic mass is 10.1. The van der Waals surface area contributed by atoms with E-state index in [9.17, 15) is 9.59 Å². The predicted octanol–water partition coefficient (Wildman–Crippen LogP) is 2.09. The molecule has 3 heterocycles. The second kappa shape index (κ2) is 7.06. The van der Waals surface area contributed by atoms with Crippen molar-refractivity contribution in [1.82, 2.24) is 25.4 Å². The van der Waals surface area contributed by atoms with Crippen molar-refractivity contribution in [3.05, 3.63) is 71.7 Å². The molecule has 0 bridgehead atoms. The zero-order chi connectivity index (χ0) is 18.8. The SMILES string of the molecule is Cc1nc([C@@H]2C[C@H](NC(=O)c3ccccc3)CN2C(=O)c2ccco2)n[nH]1. The van der Waals surface area contributed by atoms with E-state index in [1.165, 1.54) is 6.26 Å². The first kappa shape index (κ1) is 17.0. The highest BCUT2D eigenvalue weighted by molar-refractivity contribution is 5.95. The zero-order valence-electron chi connectivity index (χ0n) is 14.8. The molecule has 27 heavy (non-hydrogen) atoms. The number of hydrogen-bond donors (Lipinski definition) is 2. The summed E-state index contributed by atoms with van der Waals surface area (Å²) in [6, 6.07) is 11.7. The molecule has 0 radical (unpaired) electrons. The highest BCUT2D eigenvalue weighted by atomic mass is 16.3. The Morgan fingerprint density at radius 3 is 2.70 bits per heavy atom. The smallest absolute Gasteiger partial charge is 0.290 e. The number of amides is 2. The number of rotatable bonds is 4. The molecule has 2 N–H and O–H groups in total. The highest BCUT2D eigenvalue weighted by Crippen LogP contribution is 2.32. The number of carbonyl (C=O) groups is 2. The molecule has 138 valence electrons. The molecule has 8 heteroatoms. The first-order chi connectivity index (χ1) is 13.1. The Labute approximate surface area is 155 Å². The fourth-order valence-corrected chi connectivity index (χ4v) is 3.32. The molecule has 0 aliphatic carbocycles. The standard InChI is InChI=1S/C19H19N5O3/c1-12-20-17(23-22-12)15-10-14(21-18(25)13-6-3-2-4-7-13)11-24(15)19(26)16-8-5-9-27-16/h2-9,14-15H,10-11H2,1H3,(H,21,25)(H,20,22,23)/t14-,15-/m0/s1. The van der Waals surface area contributed by atoms with Crippen LogP contribution in [0.4, 0.5) is 0 Å². The van der Waals surface area contributed by atoms with Gasteiger partial charge in [0.15, 0.2) is 11.6 Å². The van der Waals surface area contributed by atoms with Gasteiger partial charge in [-0.25, -0.2) is 4.98 Å². The molecule has 8 nitrogen and oxygen atoms in total. The van der Waals surface area contributed by atoms with Gasteiger partial charge in [-0.05, 0) is 37.6 Å². The summed E-state index contributed by atoms with van der Waals surface area (Å²) in [5.74, 6) is 1.04. The van der Waals surface area contributed by atoms with E-state index in [0.717, 1.165) is 0 Å². The summed E-state index contributed by atoms with van der Waals surface area (Å²) in [5, 5.41) is 10.0. The van der Waals surface area contributed by atoms with Gasteiger partial charge in [-0.1, -0.05) is 18.2 Å². The number of furan rings is 1. The van der Waals surface area contributed by atoms with Crippen LogP contribution in [-0.2, 0) is 0 Å². The summed E-state index contributed by atoms with van der Waals surface area (Å²) in [6.07, 6.45) is 1.99. The van der Waals surface area contributed by atoms with Crippen LogP contribution in [0.1, 0.15) is 45.0 Å². The quantitative estimate of drug-likeness (QED) is 0.737. The number of hydrogen-bond acceptors (Lipinski definition) is 5. The third-order valence-electron chi connectivity index (χ3n) is 4.58. The number of nitrogens with zero attached hydrogens (tertiary/aromatic N) is 3. The molecule has 1 saturated heterocycles. The monoisotopic (exact) mass is 365 g/mol. The number of aryl methyl sites for hydroxylation is 1. The Morgan fingerprint density at radius 2 is 2.04 bits per heavy atom. The number of benzene rings is 1. The highest BCUT2D eigenvalue weighted by Gasteiger charge is 2.40. The third-order valence-corrected chi connectivity index (χ3v) is 4.58. The van der Waals surface area contributed by atoms with E-state index in [4.69, 9.17) is 4.42 Å². The van der Waals surface area contributed by atoms with Gasteiger partial charge in [0.1, 0.15) is 5.82 Å². The van der Waals surface area contributed by atoms with Crippen LogP contribution in [-0.4, -0.2) is 44.5 Å². The average Bonchev–Trinajstić information content (AvgIpc) is 3.42. The lowest BCUT2D eigenvalue weighted by Crippen LogP contribution is -2.38. The summed E-state index contributed by atoms with van der Waals surface area (Å²) in [6.45, 7) is 2.16. The molecular formula is C19H19N5O3. The zero-order valence-corrected chi connectivity index (χ0v) is 14.8. The van der Waals surface area contributed by atoms with Crippen LogP contribution < -0.4 is 5.32 Å². The van der Waals surface area contributed by atoms with Crippen molar-refractivity contribution >= 4 is 11.8 Å². The molecule has 1 aliphatic rings. The third kappa shape index (κ3) is 3.46. The maximum absolute atomic E-state index is 12.9. The molecule has 0 saturated carbocycles. The van der Waals surface area contributed by atoms with Gasteiger partial charge in [-0.3, -0.25) is 14.7 Å². The van der Waals surface area contributed by atoms with E-state index < -0.39 is 0 Å². The number of likely N-dealkylation sites (tertiary alicyclic amines) is 1. The minimum absolute atomic E-state index is 0.169. The van der Waals surface area contributed by atoms with E-state index in [2.05, 4.69) is 20.5 Å². The topological polar surface area (TPSA) is 104 Å². The van der Waals surface area contributed by atoms with E-state index >= 15 is 0 Å². The number of carbonyl (C=O) groups excluding carboxylic acids is 2. The summed E-state index contributed by atoms with van der Waals surface area (Å²) in [7, 11) is 0. The van der Waals surface area contributed by atoms with Gasteiger partial charge >= 0.3 is 0 Å².